The largest absolute Gasteiger partial charge is 0.368 e. The SMILES string of the molecule is CCCC(O)OCC(C)C. The van der Waals surface area contributed by atoms with Gasteiger partial charge in [0.15, 0.2) is 6.29 Å². The molecule has 1 atom stereocenters. The first kappa shape index (κ1) is 9.92. The van der Waals surface area contributed by atoms with Gasteiger partial charge in [-0.15, -0.1) is 0 Å². The van der Waals surface area contributed by atoms with E-state index in [0.717, 1.165) is 12.8 Å². The third-order valence-electron chi connectivity index (χ3n) is 1.16. The van der Waals surface area contributed by atoms with E-state index in [1.807, 2.05) is 6.92 Å². The molecule has 0 aliphatic carbocycles. The predicted octanol–water partition coefficient (Wildman–Crippen LogP) is 1.78. The van der Waals surface area contributed by atoms with Crippen LogP contribution in [0.25, 0.3) is 0 Å². The molecule has 0 aliphatic rings. The van der Waals surface area contributed by atoms with Crippen molar-refractivity contribution in [1.82, 2.24) is 0 Å². The zero-order valence-corrected chi connectivity index (χ0v) is 7.13. The molecule has 0 rings (SSSR count). The highest BCUT2D eigenvalue weighted by Gasteiger charge is 2.02. The van der Waals surface area contributed by atoms with Crippen LogP contribution < -0.4 is 0 Å². The van der Waals surface area contributed by atoms with Crippen molar-refractivity contribution in [3.63, 3.8) is 0 Å². The van der Waals surface area contributed by atoms with Gasteiger partial charge in [0.05, 0.1) is 6.61 Å². The second kappa shape index (κ2) is 5.69. The van der Waals surface area contributed by atoms with Crippen molar-refractivity contribution < 1.29 is 9.84 Å². The smallest absolute Gasteiger partial charge is 0.154 e. The molecular formula is C8H18O2. The van der Waals surface area contributed by atoms with Gasteiger partial charge in [-0.25, -0.2) is 0 Å². The molecule has 0 saturated heterocycles. The van der Waals surface area contributed by atoms with Crippen LogP contribution in [-0.4, -0.2) is 18.0 Å². The normalized spacial score (nSPS) is 14.1. The Morgan fingerprint density at radius 2 is 2.00 bits per heavy atom. The average molecular weight is 146 g/mol. The minimum absolute atomic E-state index is 0.506. The first-order valence-corrected chi connectivity index (χ1v) is 3.96. The van der Waals surface area contributed by atoms with Crippen molar-refractivity contribution in [2.45, 2.75) is 39.9 Å². The summed E-state index contributed by atoms with van der Waals surface area (Å²) >= 11 is 0. The number of aliphatic hydroxyl groups is 1. The second-order valence-electron chi connectivity index (χ2n) is 2.97. The van der Waals surface area contributed by atoms with Gasteiger partial charge in [-0.1, -0.05) is 27.2 Å². The summed E-state index contributed by atoms with van der Waals surface area (Å²) in [4.78, 5) is 0. The Kier molecular flexibility index (Phi) is 5.64. The number of ether oxygens (including phenoxy) is 1. The quantitative estimate of drug-likeness (QED) is 0.599. The van der Waals surface area contributed by atoms with E-state index >= 15 is 0 Å². The maximum Gasteiger partial charge on any atom is 0.154 e. The number of aliphatic hydroxyl groups excluding tert-OH is 1. The molecule has 0 fully saturated rings. The molecule has 62 valence electrons. The van der Waals surface area contributed by atoms with Crippen LogP contribution in [0.3, 0.4) is 0 Å². The molecule has 1 unspecified atom stereocenters. The number of hydrogen-bond donors (Lipinski definition) is 1. The van der Waals surface area contributed by atoms with E-state index in [1.165, 1.54) is 0 Å². The van der Waals surface area contributed by atoms with Crippen LogP contribution in [0.1, 0.15) is 33.6 Å². The van der Waals surface area contributed by atoms with Crippen LogP contribution in [0.4, 0.5) is 0 Å². The van der Waals surface area contributed by atoms with Crippen LogP contribution in [0.2, 0.25) is 0 Å². The lowest BCUT2D eigenvalue weighted by Gasteiger charge is -2.11. The van der Waals surface area contributed by atoms with E-state index in [-0.39, 0.29) is 0 Å². The van der Waals surface area contributed by atoms with Gasteiger partial charge in [-0.3, -0.25) is 0 Å². The van der Waals surface area contributed by atoms with Crippen LogP contribution in [0.15, 0.2) is 0 Å². The minimum atomic E-state index is -0.549. The molecule has 0 heterocycles. The summed E-state index contributed by atoms with van der Waals surface area (Å²) in [6.07, 6.45) is 1.17. The maximum atomic E-state index is 9.08. The minimum Gasteiger partial charge on any atom is -0.368 e. The maximum absolute atomic E-state index is 9.08. The van der Waals surface area contributed by atoms with Crippen molar-refractivity contribution in [3.05, 3.63) is 0 Å². The molecule has 0 saturated carbocycles. The highest BCUT2D eigenvalue weighted by Crippen LogP contribution is 2.00. The predicted molar refractivity (Wildman–Crippen MR) is 41.7 cm³/mol. The molecule has 0 aromatic rings. The summed E-state index contributed by atoms with van der Waals surface area (Å²) in [6, 6.07) is 0. The van der Waals surface area contributed by atoms with E-state index in [4.69, 9.17) is 9.84 Å². The van der Waals surface area contributed by atoms with Crippen LogP contribution in [0.5, 0.6) is 0 Å². The van der Waals surface area contributed by atoms with Crippen molar-refractivity contribution in [2.75, 3.05) is 6.61 Å². The van der Waals surface area contributed by atoms with Gasteiger partial charge < -0.3 is 9.84 Å². The molecule has 2 nitrogen and oxygen atoms in total. The van der Waals surface area contributed by atoms with Gasteiger partial charge in [0, 0.05) is 0 Å². The lowest BCUT2D eigenvalue weighted by molar-refractivity contribution is -0.111. The van der Waals surface area contributed by atoms with Crippen molar-refractivity contribution in [3.8, 4) is 0 Å². The third-order valence-corrected chi connectivity index (χ3v) is 1.16. The Labute approximate surface area is 63.2 Å². The van der Waals surface area contributed by atoms with Gasteiger partial charge >= 0.3 is 0 Å². The first-order valence-electron chi connectivity index (χ1n) is 3.96. The highest BCUT2D eigenvalue weighted by atomic mass is 16.6. The van der Waals surface area contributed by atoms with Gasteiger partial charge in [-0.2, -0.15) is 0 Å². The Balaban J connectivity index is 3.12. The van der Waals surface area contributed by atoms with Crippen LogP contribution in [0, 0.1) is 5.92 Å². The lowest BCUT2D eigenvalue weighted by atomic mass is 10.2. The molecule has 0 spiro atoms. The molecule has 0 bridgehead atoms. The first-order chi connectivity index (χ1) is 4.66. The molecule has 2 heteroatoms. The van der Waals surface area contributed by atoms with Crippen LogP contribution in [-0.2, 0) is 4.74 Å². The van der Waals surface area contributed by atoms with E-state index in [9.17, 15) is 0 Å². The van der Waals surface area contributed by atoms with Crippen molar-refractivity contribution in [2.24, 2.45) is 5.92 Å². The van der Waals surface area contributed by atoms with E-state index in [1.54, 1.807) is 0 Å². The number of hydrogen-bond acceptors (Lipinski definition) is 2. The number of rotatable bonds is 5. The van der Waals surface area contributed by atoms with Gasteiger partial charge in [0.25, 0.3) is 0 Å². The average Bonchev–Trinajstić information content (AvgIpc) is 1.85. The standard InChI is InChI=1S/C8H18O2/c1-4-5-8(9)10-6-7(2)3/h7-9H,4-6H2,1-3H3. The molecule has 0 radical (unpaired) electrons. The topological polar surface area (TPSA) is 29.5 Å². The van der Waals surface area contributed by atoms with E-state index < -0.39 is 6.29 Å². The summed E-state index contributed by atoms with van der Waals surface area (Å²) in [5.74, 6) is 0.506. The monoisotopic (exact) mass is 146 g/mol. The fraction of sp³-hybridized carbons (Fsp3) is 1.00. The molecule has 10 heavy (non-hydrogen) atoms. The fourth-order valence-corrected chi connectivity index (χ4v) is 0.634. The molecule has 0 aliphatic heterocycles. The summed E-state index contributed by atoms with van der Waals surface area (Å²) in [5, 5.41) is 9.08. The third kappa shape index (κ3) is 6.05. The molecule has 0 aromatic heterocycles. The van der Waals surface area contributed by atoms with Gasteiger partial charge in [0.2, 0.25) is 0 Å². The zero-order valence-electron chi connectivity index (χ0n) is 7.13. The fourth-order valence-electron chi connectivity index (χ4n) is 0.634. The molecule has 0 amide bonds. The van der Waals surface area contributed by atoms with Crippen LogP contribution >= 0.6 is 0 Å². The molecule has 0 aromatic carbocycles. The Morgan fingerprint density at radius 1 is 1.40 bits per heavy atom. The summed E-state index contributed by atoms with van der Waals surface area (Å²) < 4.78 is 5.10. The second-order valence-corrected chi connectivity index (χ2v) is 2.97. The molecule has 1 N–H and O–H groups in total. The Bertz CT molecular complexity index is 71.7. The van der Waals surface area contributed by atoms with E-state index in [0.29, 0.717) is 12.5 Å². The zero-order chi connectivity index (χ0) is 7.98. The van der Waals surface area contributed by atoms with Crippen molar-refractivity contribution >= 4 is 0 Å². The van der Waals surface area contributed by atoms with Gasteiger partial charge in [-0.05, 0) is 12.3 Å². The van der Waals surface area contributed by atoms with Gasteiger partial charge in [0.1, 0.15) is 0 Å². The van der Waals surface area contributed by atoms with Crippen molar-refractivity contribution in [1.29, 1.82) is 0 Å². The molecular weight excluding hydrogens is 128 g/mol. The van der Waals surface area contributed by atoms with E-state index in [2.05, 4.69) is 13.8 Å². The lowest BCUT2D eigenvalue weighted by Crippen LogP contribution is -2.14. The highest BCUT2D eigenvalue weighted by molar-refractivity contribution is 4.43. The summed E-state index contributed by atoms with van der Waals surface area (Å²) in [7, 11) is 0. The summed E-state index contributed by atoms with van der Waals surface area (Å²) in [6.45, 7) is 6.82. The Morgan fingerprint density at radius 3 is 2.40 bits per heavy atom. The summed E-state index contributed by atoms with van der Waals surface area (Å²) in [5.41, 5.74) is 0. The Hall–Kier alpha value is -0.0800.